The number of carboxylic acids is 1. The van der Waals surface area contributed by atoms with E-state index in [1.807, 2.05) is 30.3 Å². The highest BCUT2D eigenvalue weighted by atomic mass is 16.6. The monoisotopic (exact) mass is 1640 g/mol. The van der Waals surface area contributed by atoms with Crippen molar-refractivity contribution in [3.8, 4) is 5.75 Å². The Morgan fingerprint density at radius 2 is 1.18 bits per heavy atom. The fourth-order valence-electron chi connectivity index (χ4n) is 12.4. The summed E-state index contributed by atoms with van der Waals surface area (Å²) in [7, 11) is 1.43. The number of nitrogens with zero attached hydrogens (tertiary/aromatic N) is 3. The number of likely N-dealkylation sites (tertiary alicyclic amines) is 1. The van der Waals surface area contributed by atoms with Gasteiger partial charge in [0.05, 0.1) is 48.6 Å². The van der Waals surface area contributed by atoms with Gasteiger partial charge in [-0.3, -0.25) is 94.0 Å². The number of carbonyl (C=O) groups is 12. The number of unbranched alkanes of at least 4 members (excludes halogenated alkanes) is 1. The Labute approximate surface area is 672 Å². The highest BCUT2D eigenvalue weighted by Crippen LogP contribution is 2.30. The number of rotatable bonds is 51. The van der Waals surface area contributed by atoms with Gasteiger partial charge in [-0.15, -0.1) is 0 Å². The van der Waals surface area contributed by atoms with Crippen molar-refractivity contribution >= 4 is 117 Å². The third-order valence-electron chi connectivity index (χ3n) is 18.4. The number of aliphatic carboxylic acids is 1. The van der Waals surface area contributed by atoms with Gasteiger partial charge in [-0.25, -0.2) is 4.79 Å². The SMILES string of the molecule is COc1ccc2c(CC(=O)N[C@@H](CCCNC(=N)N)C(=O)N3CCC[C@@H]3C(=O)N[C@@H](CC(C)C)C(=O)NCC(=O)N[C@@H](CCCCOCc3ccccc3)C(=O)NC(CNc3ccc([N+](=O)[O-])cc3[N+](=O)[O-])C(=O)N[C@@H](C)C(=O)N[C@H](CCCNC(=N)N)C(=O)N[C@@H](CCC(=O)O)C(=O)N[C@H](CCCNC(=N)N)C(C)=O)cc(=O)oc2c1. The Morgan fingerprint density at radius 3 is 1.77 bits per heavy atom. The number of hydrogen-bond donors (Lipinski definition) is 20. The van der Waals surface area contributed by atoms with Gasteiger partial charge >= 0.3 is 11.6 Å². The third kappa shape index (κ3) is 33.1. The van der Waals surface area contributed by atoms with Crippen molar-refractivity contribution in [3.63, 3.8) is 0 Å². The predicted octanol–water partition coefficient (Wildman–Crippen LogP) is -1.05. The second kappa shape index (κ2) is 48.2. The largest absolute Gasteiger partial charge is 0.497 e. The fraction of sp³-hybridized carbons (Fsp3) is 0.514. The standard InChI is InChI=1S/C74H106N22O21/c1-41(2)33-55(92-70(109)57-21-14-31-94(57)71(110)54(20-13-30-83-74(79)80)88-60(98)34-45-35-63(102)117-59-37-47(115-5)23-24-48(45)59)65(104)85-39-61(99)87-51(17-9-10-32-116-40-44-15-7-6-8-16-44)66(105)93-56(38-84-50-25-22-46(95(111)112)36-58(50)96(113)114)69(108)86-42(3)64(103)90-52(19-12-29-82-73(77)78)67(106)91-53(26-27-62(100)101)68(107)89-49(43(4)97)18-11-28-81-72(75)76/h6-8,15-16,22-25,35-37,41-42,49,51-57,84H,9-14,17-21,26-34,38-40H2,1-5H3,(H,85,104)(H,86,108)(H,87,99)(H,88,98)(H,89,107)(H,90,103)(H,91,106)(H,92,109)(H,93,105)(H,100,101)(H4,75,76,81)(H4,77,78,82)(H4,79,80,83)/t42-,49+,51-,52+,53-,54-,55-,56?,57+/m0/s1. The number of hydrogen-bond acceptors (Lipinski definition) is 24. The van der Waals surface area contributed by atoms with E-state index in [0.29, 0.717) is 23.6 Å². The molecule has 0 spiro atoms. The lowest BCUT2D eigenvalue weighted by Crippen LogP contribution is -2.60. The maximum atomic E-state index is 14.8. The molecular formula is C74H106N22O21. The molecule has 10 amide bonds. The first-order chi connectivity index (χ1) is 55.5. The van der Waals surface area contributed by atoms with Crippen LogP contribution in [-0.4, -0.2) is 216 Å². The van der Waals surface area contributed by atoms with Crippen molar-refractivity contribution < 1.29 is 86.4 Å². The molecule has 1 fully saturated rings. The number of nitrogens with two attached hydrogens (primary N) is 3. The Morgan fingerprint density at radius 1 is 0.615 bits per heavy atom. The van der Waals surface area contributed by atoms with Gasteiger partial charge in [0.1, 0.15) is 65.4 Å². The number of carbonyl (C=O) groups excluding carboxylic acids is 11. The molecule has 1 aromatic heterocycles. The van der Waals surface area contributed by atoms with Gasteiger partial charge in [-0.05, 0) is 133 Å². The van der Waals surface area contributed by atoms with Crippen LogP contribution in [-0.2, 0) is 75.3 Å². The third-order valence-corrected chi connectivity index (χ3v) is 18.4. The number of ether oxygens (including phenoxy) is 2. The van der Waals surface area contributed by atoms with Crippen molar-refractivity contribution in [2.75, 3.05) is 58.3 Å². The highest BCUT2D eigenvalue weighted by molar-refractivity contribution is 5.99. The van der Waals surface area contributed by atoms with Crippen LogP contribution in [0.4, 0.5) is 17.1 Å². The maximum Gasteiger partial charge on any atom is 0.336 e. The normalized spacial score (nSPS) is 14.3. The lowest BCUT2D eigenvalue weighted by molar-refractivity contribution is -0.393. The minimum absolute atomic E-state index is 0.00125. The summed E-state index contributed by atoms with van der Waals surface area (Å²) >= 11 is 0. The molecule has 1 unspecified atom stereocenters. The number of carboxylic acid groups (broad SMARTS) is 1. The van der Waals surface area contributed by atoms with Crippen LogP contribution < -0.4 is 96.7 Å². The number of methoxy groups -OCH3 is 1. The zero-order valence-electron chi connectivity index (χ0n) is 65.7. The van der Waals surface area contributed by atoms with Crippen LogP contribution in [0.2, 0.25) is 0 Å². The van der Waals surface area contributed by atoms with E-state index in [1.54, 1.807) is 26.0 Å². The van der Waals surface area contributed by atoms with E-state index >= 15 is 0 Å². The molecule has 2 heterocycles. The first-order valence-electron chi connectivity index (χ1n) is 37.9. The predicted molar refractivity (Wildman–Crippen MR) is 424 cm³/mol. The molecule has 0 aliphatic carbocycles. The molecule has 3 aromatic carbocycles. The summed E-state index contributed by atoms with van der Waals surface area (Å²) < 4.78 is 16.4. The zero-order chi connectivity index (χ0) is 86.4. The topological polar surface area (TPSA) is 669 Å². The molecule has 5 rings (SSSR count). The van der Waals surface area contributed by atoms with E-state index in [0.717, 1.165) is 30.7 Å². The Kier molecular flexibility index (Phi) is 38.9. The summed E-state index contributed by atoms with van der Waals surface area (Å²) in [5.41, 5.74) is 14.9. The van der Waals surface area contributed by atoms with Gasteiger partial charge in [0.2, 0.25) is 59.1 Å². The molecule has 117 heavy (non-hydrogen) atoms. The summed E-state index contributed by atoms with van der Waals surface area (Å²) in [6, 6.07) is 4.31. The van der Waals surface area contributed by atoms with Crippen LogP contribution in [0, 0.1) is 42.4 Å². The Hall–Kier alpha value is -13.1. The first kappa shape index (κ1) is 94.5. The van der Waals surface area contributed by atoms with Crippen LogP contribution in [0.1, 0.15) is 129 Å². The van der Waals surface area contributed by atoms with Gasteiger partial charge in [-0.1, -0.05) is 44.2 Å². The van der Waals surface area contributed by atoms with Crippen molar-refractivity contribution in [1.82, 2.24) is 68.7 Å². The average Bonchev–Trinajstić information content (AvgIpc) is 1.63. The van der Waals surface area contributed by atoms with E-state index in [4.69, 9.17) is 47.3 Å². The van der Waals surface area contributed by atoms with Crippen LogP contribution in [0.15, 0.2) is 82.0 Å². The average molecular weight is 1640 g/mol. The number of amides is 10. The smallest absolute Gasteiger partial charge is 0.336 e. The Bertz CT molecular complexity index is 4260. The lowest BCUT2D eigenvalue weighted by Gasteiger charge is -2.30. The number of nitrogens with one attached hydrogen (secondary N) is 16. The van der Waals surface area contributed by atoms with E-state index in [2.05, 4.69) is 69.1 Å². The molecule has 43 nitrogen and oxygen atoms in total. The quantitative estimate of drug-likeness (QED) is 0.00627. The summed E-state index contributed by atoms with van der Waals surface area (Å²) in [6.45, 7) is 4.92. The summed E-state index contributed by atoms with van der Waals surface area (Å²) in [5, 5.41) is 89.9. The molecule has 1 saturated heterocycles. The van der Waals surface area contributed by atoms with Crippen molar-refractivity contribution in [1.29, 1.82) is 16.2 Å². The summed E-state index contributed by atoms with van der Waals surface area (Å²) in [6.07, 6.45) is -0.586. The van der Waals surface area contributed by atoms with Gasteiger partial charge in [0.25, 0.3) is 11.4 Å². The number of benzene rings is 3. The molecule has 9 atom stereocenters. The van der Waals surface area contributed by atoms with Gasteiger partial charge in [0.15, 0.2) is 23.7 Å². The van der Waals surface area contributed by atoms with Crippen LogP contribution in [0.25, 0.3) is 11.0 Å². The minimum atomic E-state index is -1.88. The number of nitro benzene ring substituents is 2. The van der Waals surface area contributed by atoms with Crippen molar-refractivity contribution in [2.24, 2.45) is 23.1 Å². The van der Waals surface area contributed by atoms with Gasteiger partial charge in [-0.2, -0.15) is 0 Å². The molecule has 43 heteroatoms. The summed E-state index contributed by atoms with van der Waals surface area (Å²) in [5.74, 6) is -12.2. The second-order valence-corrected chi connectivity index (χ2v) is 28.1. The second-order valence-electron chi connectivity index (χ2n) is 28.1. The highest BCUT2D eigenvalue weighted by Gasteiger charge is 2.40. The molecule has 4 aromatic rings. The fourth-order valence-corrected chi connectivity index (χ4v) is 12.4. The number of ketones is 1. The van der Waals surface area contributed by atoms with Crippen LogP contribution in [0.3, 0.4) is 0 Å². The molecule has 0 bridgehead atoms. The van der Waals surface area contributed by atoms with E-state index < -0.39 is 184 Å². The van der Waals surface area contributed by atoms with E-state index in [9.17, 15) is 87.7 Å². The van der Waals surface area contributed by atoms with Gasteiger partial charge in [0, 0.05) is 69.3 Å². The van der Waals surface area contributed by atoms with E-state index in [1.165, 1.54) is 25.0 Å². The zero-order valence-corrected chi connectivity index (χ0v) is 65.7. The Balaban J connectivity index is 1.39. The van der Waals surface area contributed by atoms with Crippen LogP contribution >= 0.6 is 0 Å². The molecule has 0 saturated carbocycles. The number of guanidine groups is 3. The molecule has 0 radical (unpaired) electrons. The molecular weight excluding hydrogens is 1530 g/mol. The number of fused-ring (bicyclic) bond motifs is 1. The summed E-state index contributed by atoms with van der Waals surface area (Å²) in [4.78, 5) is 204. The number of Topliss-reactive ketones (excluding diaryl/α,β-unsaturated/α-hetero) is 1. The molecule has 1 aliphatic rings. The van der Waals surface area contributed by atoms with Crippen molar-refractivity contribution in [3.05, 3.63) is 115 Å². The van der Waals surface area contributed by atoms with Gasteiger partial charge < -0.3 is 110 Å². The minimum Gasteiger partial charge on any atom is -0.497 e. The number of anilines is 1. The number of non-ortho nitro benzene ring substituents is 1. The maximum absolute atomic E-state index is 14.8. The number of nitro groups is 2. The van der Waals surface area contributed by atoms with E-state index in [-0.39, 0.29) is 151 Å². The van der Waals surface area contributed by atoms with Crippen molar-refractivity contribution in [2.45, 2.75) is 185 Å². The molecule has 1 aliphatic heterocycles. The van der Waals surface area contributed by atoms with Crippen LogP contribution in [0.5, 0.6) is 5.75 Å². The molecule has 23 N–H and O–H groups in total. The lowest BCUT2D eigenvalue weighted by atomic mass is 10.0. The molecule has 638 valence electrons. The first-order valence-corrected chi connectivity index (χ1v) is 37.9.